The highest BCUT2D eigenvalue weighted by molar-refractivity contribution is 7.12. The Hall–Kier alpha value is -1.09. The van der Waals surface area contributed by atoms with Crippen LogP contribution in [0.4, 0.5) is 26.3 Å². The number of thiophene rings is 1. The fourth-order valence-corrected chi connectivity index (χ4v) is 2.57. The van der Waals surface area contributed by atoms with Crippen LogP contribution in [0, 0.1) is 0 Å². The largest absolute Gasteiger partial charge is 0.420 e. The molecular weight excluding hydrogens is 296 g/mol. The quantitative estimate of drug-likeness (QED) is 0.794. The van der Waals surface area contributed by atoms with Gasteiger partial charge in [0.1, 0.15) is 0 Å². The molecule has 0 saturated carbocycles. The van der Waals surface area contributed by atoms with E-state index in [1.165, 1.54) is 17.5 Å². The van der Waals surface area contributed by atoms with Gasteiger partial charge in [-0.3, -0.25) is 4.99 Å². The second-order valence-electron chi connectivity index (χ2n) is 4.10. The summed E-state index contributed by atoms with van der Waals surface area (Å²) >= 11 is 0.968. The van der Waals surface area contributed by atoms with E-state index >= 15 is 0 Å². The second kappa shape index (κ2) is 4.20. The van der Waals surface area contributed by atoms with Crippen LogP contribution >= 0.6 is 11.3 Å². The van der Waals surface area contributed by atoms with Gasteiger partial charge in [-0.2, -0.15) is 26.3 Å². The molecule has 2 nitrogen and oxygen atoms in total. The zero-order valence-electron chi connectivity index (χ0n) is 9.09. The fraction of sp³-hybridized carbons (Fsp3) is 0.500. The van der Waals surface area contributed by atoms with Gasteiger partial charge in [0.2, 0.25) is 0 Å². The molecule has 0 aromatic carbocycles. The molecule has 1 aromatic heterocycles. The normalized spacial score (nSPS) is 28.6. The highest BCUT2D eigenvalue weighted by atomic mass is 32.1. The van der Waals surface area contributed by atoms with Crippen LogP contribution < -0.4 is 0 Å². The number of aliphatic imine (C=N–C) groups is 1. The Labute approximate surface area is 107 Å². The Morgan fingerprint density at radius 1 is 1.26 bits per heavy atom. The van der Waals surface area contributed by atoms with Gasteiger partial charge in [0.25, 0.3) is 0 Å². The maximum absolute atomic E-state index is 12.7. The van der Waals surface area contributed by atoms with Gasteiger partial charge >= 0.3 is 12.4 Å². The first kappa shape index (κ1) is 14.3. The Morgan fingerprint density at radius 3 is 2.26 bits per heavy atom. The monoisotopic (exact) mass is 303 g/mol. The lowest BCUT2D eigenvalue weighted by Crippen LogP contribution is -2.56. The molecule has 1 aliphatic heterocycles. The van der Waals surface area contributed by atoms with Crippen LogP contribution in [0.3, 0.4) is 0 Å². The molecular formula is C10H7F6NOS. The summed E-state index contributed by atoms with van der Waals surface area (Å²) in [6, 6.07) is -0.341. The van der Waals surface area contributed by atoms with Gasteiger partial charge in [0, 0.05) is 11.3 Å². The molecule has 2 atom stereocenters. The smallest absolute Gasteiger partial charge is 0.378 e. The van der Waals surface area contributed by atoms with E-state index in [-0.39, 0.29) is 10.6 Å². The molecule has 0 spiro atoms. The van der Waals surface area contributed by atoms with Crippen molar-refractivity contribution in [2.24, 2.45) is 4.99 Å². The number of hydrogen-bond donors (Lipinski definition) is 1. The average Bonchev–Trinajstić information content (AvgIpc) is 2.81. The number of rotatable bonds is 1. The molecule has 2 rings (SSSR count). The molecule has 0 bridgehead atoms. The van der Waals surface area contributed by atoms with Gasteiger partial charge in [-0.1, -0.05) is 6.07 Å². The summed E-state index contributed by atoms with van der Waals surface area (Å²) in [7, 11) is 0. The Bertz CT molecular complexity index is 491. The van der Waals surface area contributed by atoms with Crippen molar-refractivity contribution in [2.45, 2.75) is 30.4 Å². The van der Waals surface area contributed by atoms with Crippen LogP contribution in [0.1, 0.15) is 11.3 Å². The van der Waals surface area contributed by atoms with Gasteiger partial charge in [-0.25, -0.2) is 0 Å². The molecule has 0 amide bonds. The van der Waals surface area contributed by atoms with Gasteiger partial charge in [0.15, 0.2) is 11.6 Å². The van der Waals surface area contributed by atoms with Crippen LogP contribution in [0.25, 0.3) is 0 Å². The first-order valence-electron chi connectivity index (χ1n) is 5.02. The molecule has 2 unspecified atom stereocenters. The summed E-state index contributed by atoms with van der Waals surface area (Å²) in [5.41, 5.74) is -4.28. The standard InChI is InChI=1S/C10H7F6NOS/c11-9(12,13)7-8(18,10(14,15)16)4-5(17-7)6-2-1-3-19-6/h1-3,7,18H,4H2. The van der Waals surface area contributed by atoms with Crippen LogP contribution in [0.5, 0.6) is 0 Å². The van der Waals surface area contributed by atoms with Gasteiger partial charge in [-0.05, 0) is 11.4 Å². The van der Waals surface area contributed by atoms with Crippen molar-refractivity contribution in [3.8, 4) is 0 Å². The first-order valence-corrected chi connectivity index (χ1v) is 5.90. The number of aliphatic hydroxyl groups is 1. The van der Waals surface area contributed by atoms with E-state index in [4.69, 9.17) is 0 Å². The van der Waals surface area contributed by atoms with Crippen LogP contribution in [-0.4, -0.2) is 34.8 Å². The van der Waals surface area contributed by atoms with E-state index in [9.17, 15) is 31.4 Å². The molecule has 1 aromatic rings. The van der Waals surface area contributed by atoms with Crippen molar-refractivity contribution in [2.75, 3.05) is 0 Å². The van der Waals surface area contributed by atoms with E-state index < -0.39 is 30.4 Å². The first-order chi connectivity index (χ1) is 8.56. The molecule has 19 heavy (non-hydrogen) atoms. The second-order valence-corrected chi connectivity index (χ2v) is 5.04. The molecule has 9 heteroatoms. The number of nitrogens with zero attached hydrogens (tertiary/aromatic N) is 1. The minimum absolute atomic E-state index is 0.189. The number of hydrogen-bond acceptors (Lipinski definition) is 3. The van der Waals surface area contributed by atoms with Crippen molar-refractivity contribution in [1.29, 1.82) is 0 Å². The third kappa shape index (κ3) is 2.36. The van der Waals surface area contributed by atoms with Crippen molar-refractivity contribution < 1.29 is 31.4 Å². The fourth-order valence-electron chi connectivity index (χ4n) is 1.85. The van der Waals surface area contributed by atoms with E-state index in [1.807, 2.05) is 0 Å². The van der Waals surface area contributed by atoms with Gasteiger partial charge < -0.3 is 5.11 Å². The predicted octanol–water partition coefficient (Wildman–Crippen LogP) is 3.17. The van der Waals surface area contributed by atoms with Crippen molar-refractivity contribution in [3.63, 3.8) is 0 Å². The van der Waals surface area contributed by atoms with Gasteiger partial charge in [0.05, 0.1) is 5.71 Å². The third-order valence-electron chi connectivity index (χ3n) is 2.78. The van der Waals surface area contributed by atoms with E-state index in [0.29, 0.717) is 0 Å². The summed E-state index contributed by atoms with van der Waals surface area (Å²) < 4.78 is 76.1. The van der Waals surface area contributed by atoms with Crippen LogP contribution in [0.2, 0.25) is 0 Å². The zero-order valence-corrected chi connectivity index (χ0v) is 9.90. The molecule has 0 aliphatic carbocycles. The molecule has 106 valence electrons. The molecule has 0 radical (unpaired) electrons. The average molecular weight is 303 g/mol. The molecule has 0 saturated heterocycles. The topological polar surface area (TPSA) is 32.6 Å². The lowest BCUT2D eigenvalue weighted by atomic mass is 9.91. The summed E-state index contributed by atoms with van der Waals surface area (Å²) in [5, 5.41) is 10.9. The van der Waals surface area contributed by atoms with E-state index in [1.54, 1.807) is 0 Å². The lowest BCUT2D eigenvalue weighted by molar-refractivity contribution is -0.296. The Morgan fingerprint density at radius 2 is 1.89 bits per heavy atom. The SMILES string of the molecule is OC1(C(F)(F)F)CC(c2cccs2)=NC1C(F)(F)F. The highest BCUT2D eigenvalue weighted by Crippen LogP contribution is 2.47. The number of halogens is 6. The minimum atomic E-state index is -5.41. The van der Waals surface area contributed by atoms with Crippen LogP contribution in [-0.2, 0) is 0 Å². The van der Waals surface area contributed by atoms with Crippen molar-refractivity contribution >= 4 is 17.0 Å². The summed E-state index contributed by atoms with van der Waals surface area (Å²) in [5.74, 6) is 0. The highest BCUT2D eigenvalue weighted by Gasteiger charge is 2.69. The summed E-state index contributed by atoms with van der Waals surface area (Å²) in [6.45, 7) is 0. The van der Waals surface area contributed by atoms with E-state index in [2.05, 4.69) is 4.99 Å². The minimum Gasteiger partial charge on any atom is -0.378 e. The molecule has 1 N–H and O–H groups in total. The zero-order chi connectivity index (χ0) is 14.5. The van der Waals surface area contributed by atoms with E-state index in [0.717, 1.165) is 11.3 Å². The maximum Gasteiger partial charge on any atom is 0.420 e. The molecule has 2 heterocycles. The van der Waals surface area contributed by atoms with Gasteiger partial charge in [-0.15, -0.1) is 11.3 Å². The molecule has 1 aliphatic rings. The Kier molecular flexibility index (Phi) is 3.17. The third-order valence-corrected chi connectivity index (χ3v) is 3.70. The Balaban J connectivity index is 2.45. The molecule has 0 fully saturated rings. The van der Waals surface area contributed by atoms with Crippen LogP contribution in [0.15, 0.2) is 22.5 Å². The summed E-state index contributed by atoms with van der Waals surface area (Å²) in [6.07, 6.45) is -11.9. The van der Waals surface area contributed by atoms with Crippen molar-refractivity contribution in [1.82, 2.24) is 0 Å². The summed E-state index contributed by atoms with van der Waals surface area (Å²) in [4.78, 5) is 3.24. The van der Waals surface area contributed by atoms with Crippen molar-refractivity contribution in [3.05, 3.63) is 22.4 Å². The predicted molar refractivity (Wildman–Crippen MR) is 56.3 cm³/mol. The maximum atomic E-state index is 12.7. The number of alkyl halides is 6. The lowest BCUT2D eigenvalue weighted by Gasteiger charge is -2.31.